The first-order valence-corrected chi connectivity index (χ1v) is 6.19. The van der Waals surface area contributed by atoms with Gasteiger partial charge in [0.15, 0.2) is 0 Å². The number of amides is 1. The summed E-state index contributed by atoms with van der Waals surface area (Å²) in [5.41, 5.74) is 1.70. The fourth-order valence-electron chi connectivity index (χ4n) is 1.91. The van der Waals surface area contributed by atoms with Gasteiger partial charge in [0, 0.05) is 24.2 Å². The molecule has 0 aliphatic heterocycles. The third-order valence-corrected chi connectivity index (χ3v) is 2.99. The summed E-state index contributed by atoms with van der Waals surface area (Å²) in [4.78, 5) is 13.9. The van der Waals surface area contributed by atoms with Crippen molar-refractivity contribution in [2.75, 3.05) is 13.1 Å². The molecule has 1 aromatic carbocycles. The number of hydrogen-bond donors (Lipinski definition) is 0. The Morgan fingerprint density at radius 3 is 2.28 bits per heavy atom. The zero-order valence-corrected chi connectivity index (χ0v) is 10.7. The molecule has 3 nitrogen and oxygen atoms in total. The van der Waals surface area contributed by atoms with Gasteiger partial charge < -0.3 is 9.32 Å². The third-order valence-electron chi connectivity index (χ3n) is 2.99. The molecule has 94 valence electrons. The Balaban J connectivity index is 2.20. The quantitative estimate of drug-likeness (QED) is 0.824. The van der Waals surface area contributed by atoms with E-state index in [9.17, 15) is 4.79 Å². The SMILES string of the molecule is CCN(CC)C(=O)c1ccc(-c2ccco2)cc1. The molecule has 0 bridgehead atoms. The van der Waals surface area contributed by atoms with Crippen LogP contribution in [0.2, 0.25) is 0 Å². The zero-order chi connectivity index (χ0) is 13.0. The maximum Gasteiger partial charge on any atom is 0.253 e. The number of furan rings is 1. The number of rotatable bonds is 4. The largest absolute Gasteiger partial charge is 0.464 e. The van der Waals surface area contributed by atoms with Crippen LogP contribution in [0.4, 0.5) is 0 Å². The molecule has 0 N–H and O–H groups in total. The van der Waals surface area contributed by atoms with Gasteiger partial charge in [-0.05, 0) is 38.1 Å². The van der Waals surface area contributed by atoms with E-state index >= 15 is 0 Å². The van der Waals surface area contributed by atoms with Crippen LogP contribution in [0, 0.1) is 0 Å². The molecule has 1 amide bonds. The van der Waals surface area contributed by atoms with Crippen LogP contribution in [0.15, 0.2) is 47.1 Å². The number of hydrogen-bond acceptors (Lipinski definition) is 2. The van der Waals surface area contributed by atoms with Crippen LogP contribution in [-0.2, 0) is 0 Å². The summed E-state index contributed by atoms with van der Waals surface area (Å²) in [7, 11) is 0. The molecule has 18 heavy (non-hydrogen) atoms. The normalized spacial score (nSPS) is 10.3. The molecule has 0 saturated heterocycles. The number of benzene rings is 1. The first-order valence-electron chi connectivity index (χ1n) is 6.19. The second-order valence-corrected chi connectivity index (χ2v) is 4.03. The fourth-order valence-corrected chi connectivity index (χ4v) is 1.91. The average Bonchev–Trinajstić information content (AvgIpc) is 2.94. The molecular formula is C15H17NO2. The Labute approximate surface area is 107 Å². The van der Waals surface area contributed by atoms with Crippen LogP contribution in [-0.4, -0.2) is 23.9 Å². The second-order valence-electron chi connectivity index (χ2n) is 4.03. The Hall–Kier alpha value is -2.03. The minimum absolute atomic E-state index is 0.0750. The molecule has 3 heteroatoms. The zero-order valence-electron chi connectivity index (χ0n) is 10.7. The van der Waals surface area contributed by atoms with Gasteiger partial charge in [0.05, 0.1) is 6.26 Å². The first kappa shape index (κ1) is 12.4. The summed E-state index contributed by atoms with van der Waals surface area (Å²) in [5.74, 6) is 0.892. The lowest BCUT2D eigenvalue weighted by molar-refractivity contribution is 0.0773. The highest BCUT2D eigenvalue weighted by Crippen LogP contribution is 2.20. The molecule has 0 aliphatic carbocycles. The fraction of sp³-hybridized carbons (Fsp3) is 0.267. The van der Waals surface area contributed by atoms with Crippen molar-refractivity contribution in [2.45, 2.75) is 13.8 Å². The molecule has 0 saturated carbocycles. The number of nitrogens with zero attached hydrogens (tertiary/aromatic N) is 1. The van der Waals surface area contributed by atoms with Gasteiger partial charge in [-0.1, -0.05) is 12.1 Å². The number of carbonyl (C=O) groups is 1. The van der Waals surface area contributed by atoms with E-state index < -0.39 is 0 Å². The van der Waals surface area contributed by atoms with Gasteiger partial charge in [-0.25, -0.2) is 0 Å². The molecule has 0 radical (unpaired) electrons. The van der Waals surface area contributed by atoms with Crippen molar-refractivity contribution in [2.24, 2.45) is 0 Å². The van der Waals surface area contributed by atoms with Gasteiger partial charge in [-0.3, -0.25) is 4.79 Å². The Morgan fingerprint density at radius 1 is 1.11 bits per heavy atom. The van der Waals surface area contributed by atoms with E-state index in [2.05, 4.69) is 0 Å². The predicted octanol–water partition coefficient (Wildman–Crippen LogP) is 3.43. The van der Waals surface area contributed by atoms with E-state index in [0.29, 0.717) is 5.56 Å². The standard InChI is InChI=1S/C15H17NO2/c1-3-16(4-2)15(17)13-9-7-12(8-10-13)14-6-5-11-18-14/h5-11H,3-4H2,1-2H3. The van der Waals surface area contributed by atoms with Gasteiger partial charge in [-0.2, -0.15) is 0 Å². The van der Waals surface area contributed by atoms with Gasteiger partial charge in [0.25, 0.3) is 5.91 Å². The van der Waals surface area contributed by atoms with Crippen molar-refractivity contribution in [3.63, 3.8) is 0 Å². The van der Waals surface area contributed by atoms with Crippen LogP contribution in [0.25, 0.3) is 11.3 Å². The van der Waals surface area contributed by atoms with Crippen LogP contribution in [0.5, 0.6) is 0 Å². The van der Waals surface area contributed by atoms with Crippen molar-refractivity contribution in [1.82, 2.24) is 4.90 Å². The van der Waals surface area contributed by atoms with Crippen molar-refractivity contribution in [3.05, 3.63) is 48.2 Å². The van der Waals surface area contributed by atoms with Gasteiger partial charge >= 0.3 is 0 Å². The van der Waals surface area contributed by atoms with E-state index in [1.807, 2.05) is 55.1 Å². The van der Waals surface area contributed by atoms with Gasteiger partial charge in [-0.15, -0.1) is 0 Å². The summed E-state index contributed by atoms with van der Waals surface area (Å²) in [6.07, 6.45) is 1.64. The molecule has 1 aromatic heterocycles. The highest BCUT2D eigenvalue weighted by atomic mass is 16.3. The van der Waals surface area contributed by atoms with E-state index in [-0.39, 0.29) is 5.91 Å². The van der Waals surface area contributed by atoms with Crippen LogP contribution in [0.3, 0.4) is 0 Å². The molecule has 2 aromatic rings. The number of carbonyl (C=O) groups excluding carboxylic acids is 1. The smallest absolute Gasteiger partial charge is 0.253 e. The van der Waals surface area contributed by atoms with E-state index in [4.69, 9.17) is 4.42 Å². The molecule has 0 fully saturated rings. The van der Waals surface area contributed by atoms with Crippen molar-refractivity contribution in [1.29, 1.82) is 0 Å². The summed E-state index contributed by atoms with van der Waals surface area (Å²) in [6.45, 7) is 5.43. The Morgan fingerprint density at radius 2 is 1.78 bits per heavy atom. The monoisotopic (exact) mass is 243 g/mol. The molecular weight excluding hydrogens is 226 g/mol. The summed E-state index contributed by atoms with van der Waals surface area (Å²) in [6, 6.07) is 11.3. The highest BCUT2D eigenvalue weighted by Gasteiger charge is 2.12. The van der Waals surface area contributed by atoms with Crippen molar-refractivity contribution < 1.29 is 9.21 Å². The lowest BCUT2D eigenvalue weighted by atomic mass is 10.1. The molecule has 0 aliphatic rings. The highest BCUT2D eigenvalue weighted by molar-refractivity contribution is 5.94. The average molecular weight is 243 g/mol. The Bertz CT molecular complexity index is 496. The lowest BCUT2D eigenvalue weighted by Crippen LogP contribution is -2.30. The molecule has 2 rings (SSSR count). The van der Waals surface area contributed by atoms with E-state index in [1.165, 1.54) is 0 Å². The van der Waals surface area contributed by atoms with Crippen LogP contribution < -0.4 is 0 Å². The first-order chi connectivity index (χ1) is 8.76. The molecule has 0 unspecified atom stereocenters. The maximum atomic E-state index is 12.1. The van der Waals surface area contributed by atoms with Gasteiger partial charge in [0.2, 0.25) is 0 Å². The molecule has 0 atom stereocenters. The van der Waals surface area contributed by atoms with Crippen molar-refractivity contribution in [3.8, 4) is 11.3 Å². The lowest BCUT2D eigenvalue weighted by Gasteiger charge is -2.18. The second kappa shape index (κ2) is 5.54. The van der Waals surface area contributed by atoms with Gasteiger partial charge in [0.1, 0.15) is 5.76 Å². The summed E-state index contributed by atoms with van der Waals surface area (Å²) in [5, 5.41) is 0. The Kier molecular flexibility index (Phi) is 3.82. The summed E-state index contributed by atoms with van der Waals surface area (Å²) >= 11 is 0. The van der Waals surface area contributed by atoms with E-state index in [0.717, 1.165) is 24.4 Å². The summed E-state index contributed by atoms with van der Waals surface area (Å²) < 4.78 is 5.31. The van der Waals surface area contributed by atoms with Crippen LogP contribution >= 0.6 is 0 Å². The predicted molar refractivity (Wildman–Crippen MR) is 71.4 cm³/mol. The minimum atomic E-state index is 0.0750. The third kappa shape index (κ3) is 2.45. The topological polar surface area (TPSA) is 33.5 Å². The molecule has 0 spiro atoms. The minimum Gasteiger partial charge on any atom is -0.464 e. The van der Waals surface area contributed by atoms with Crippen molar-refractivity contribution >= 4 is 5.91 Å². The van der Waals surface area contributed by atoms with E-state index in [1.54, 1.807) is 6.26 Å². The van der Waals surface area contributed by atoms with Crippen LogP contribution in [0.1, 0.15) is 24.2 Å². The maximum absolute atomic E-state index is 12.1. The molecule has 1 heterocycles.